The summed E-state index contributed by atoms with van der Waals surface area (Å²) in [6, 6.07) is 10.4. The molecular weight excluding hydrogens is 408 g/mol. The van der Waals surface area contributed by atoms with Crippen molar-refractivity contribution in [1.29, 1.82) is 0 Å². The molecule has 0 N–H and O–H groups in total. The van der Waals surface area contributed by atoms with E-state index in [0.717, 1.165) is 49.2 Å². The molecule has 1 saturated heterocycles. The Labute approximate surface area is 178 Å². The van der Waals surface area contributed by atoms with Crippen molar-refractivity contribution in [3.63, 3.8) is 0 Å². The van der Waals surface area contributed by atoms with E-state index in [0.29, 0.717) is 5.92 Å². The first-order chi connectivity index (χ1) is 13.8. The van der Waals surface area contributed by atoms with Crippen LogP contribution in [0.1, 0.15) is 30.1 Å². The first-order valence-corrected chi connectivity index (χ1v) is 12.1. The molecule has 3 aromatic rings. The van der Waals surface area contributed by atoms with Gasteiger partial charge in [-0.3, -0.25) is 0 Å². The fraction of sp³-hybridized carbons (Fsp3) is 0.429. The summed E-state index contributed by atoms with van der Waals surface area (Å²) in [5.41, 5.74) is 2.63. The van der Waals surface area contributed by atoms with Crippen LogP contribution in [0.4, 0.5) is 0 Å². The number of fused-ring (bicyclic) bond motifs is 3. The van der Waals surface area contributed by atoms with E-state index < -0.39 is 0 Å². The van der Waals surface area contributed by atoms with Gasteiger partial charge in [0.25, 0.3) is 0 Å². The van der Waals surface area contributed by atoms with Crippen molar-refractivity contribution < 1.29 is 0 Å². The largest absolute Gasteiger partial charge is 0.310 e. The van der Waals surface area contributed by atoms with Gasteiger partial charge in [0.2, 0.25) is 0 Å². The lowest BCUT2D eigenvalue weighted by molar-refractivity contribution is 0.210. The van der Waals surface area contributed by atoms with Crippen LogP contribution in [0.2, 0.25) is 5.02 Å². The molecule has 2 aromatic heterocycles. The highest BCUT2D eigenvalue weighted by Gasteiger charge is 2.28. The molecule has 0 spiro atoms. The summed E-state index contributed by atoms with van der Waals surface area (Å²) < 4.78 is 3.77. The van der Waals surface area contributed by atoms with Crippen LogP contribution in [-0.4, -0.2) is 45.1 Å². The van der Waals surface area contributed by atoms with Gasteiger partial charge in [-0.2, -0.15) is 0 Å². The van der Waals surface area contributed by atoms with E-state index >= 15 is 0 Å². The Hall–Kier alpha value is -1.34. The zero-order valence-corrected chi connectivity index (χ0v) is 18.1. The van der Waals surface area contributed by atoms with Crippen molar-refractivity contribution >= 4 is 34.7 Å². The predicted octanol–water partition coefficient (Wildman–Crippen LogP) is 5.19. The number of likely N-dealkylation sites (tertiary alicyclic amines) is 1. The molecule has 7 heteroatoms. The fourth-order valence-corrected chi connectivity index (χ4v) is 6.40. The number of benzene rings is 1. The highest BCUT2D eigenvalue weighted by atomic mass is 35.5. The highest BCUT2D eigenvalue weighted by Crippen LogP contribution is 2.39. The van der Waals surface area contributed by atoms with E-state index in [-0.39, 0.29) is 0 Å². The van der Waals surface area contributed by atoms with Gasteiger partial charge in [-0.15, -0.1) is 33.3 Å². The van der Waals surface area contributed by atoms with Gasteiger partial charge >= 0.3 is 0 Å². The molecule has 1 aromatic carbocycles. The lowest BCUT2D eigenvalue weighted by atomic mass is 9.95. The first kappa shape index (κ1) is 18.7. The summed E-state index contributed by atoms with van der Waals surface area (Å²) in [6.07, 6.45) is 3.42. The third kappa shape index (κ3) is 3.75. The second-order valence-electron chi connectivity index (χ2n) is 7.50. The van der Waals surface area contributed by atoms with Crippen LogP contribution >= 0.6 is 34.7 Å². The summed E-state index contributed by atoms with van der Waals surface area (Å²) in [6.45, 7) is 4.40. The minimum absolute atomic E-state index is 0.526. The summed E-state index contributed by atoms with van der Waals surface area (Å²) in [5.74, 6) is 3.90. The van der Waals surface area contributed by atoms with E-state index in [1.54, 1.807) is 0 Å². The zero-order valence-electron chi connectivity index (χ0n) is 15.7. The molecule has 5 rings (SSSR count). The quantitative estimate of drug-likeness (QED) is 0.570. The number of aromatic nitrogens is 3. The van der Waals surface area contributed by atoms with Gasteiger partial charge in [-0.25, -0.2) is 0 Å². The Bertz CT molecular complexity index is 942. The van der Waals surface area contributed by atoms with E-state index in [1.807, 2.05) is 35.2 Å². The predicted molar refractivity (Wildman–Crippen MR) is 118 cm³/mol. The molecular formula is C21H23ClN4S2. The number of hydrogen-bond donors (Lipinski definition) is 0. The minimum Gasteiger partial charge on any atom is -0.310 e. The molecule has 146 valence electrons. The van der Waals surface area contributed by atoms with E-state index in [9.17, 15) is 0 Å². The Morgan fingerprint density at radius 1 is 1.04 bits per heavy atom. The lowest BCUT2D eigenvalue weighted by Crippen LogP contribution is -2.35. The van der Waals surface area contributed by atoms with Crippen molar-refractivity contribution in [1.82, 2.24) is 19.7 Å². The number of piperidine rings is 1. The Balaban J connectivity index is 1.23. The molecule has 4 heterocycles. The summed E-state index contributed by atoms with van der Waals surface area (Å²) in [4.78, 5) is 2.58. The van der Waals surface area contributed by atoms with Crippen molar-refractivity contribution in [3.8, 4) is 11.4 Å². The monoisotopic (exact) mass is 430 g/mol. The average Bonchev–Trinajstić information content (AvgIpc) is 3.32. The first-order valence-electron chi connectivity index (χ1n) is 9.88. The maximum Gasteiger partial charge on any atom is 0.165 e. The van der Waals surface area contributed by atoms with Crippen molar-refractivity contribution in [2.24, 2.45) is 0 Å². The molecule has 2 aliphatic heterocycles. The number of hydrogen-bond acceptors (Lipinski definition) is 5. The van der Waals surface area contributed by atoms with E-state index in [2.05, 4.69) is 43.2 Å². The van der Waals surface area contributed by atoms with Crippen LogP contribution in [0.3, 0.4) is 0 Å². The number of rotatable bonds is 4. The van der Waals surface area contributed by atoms with Crippen LogP contribution in [0, 0.1) is 0 Å². The molecule has 28 heavy (non-hydrogen) atoms. The SMILES string of the molecule is Clc1ccc(CCN2CCC(c3nnc4n3CCSc3sccc3-4)CC2)cc1. The summed E-state index contributed by atoms with van der Waals surface area (Å²) >= 11 is 9.75. The normalized spacial score (nSPS) is 17.9. The van der Waals surface area contributed by atoms with Crippen molar-refractivity contribution in [2.75, 3.05) is 25.4 Å². The molecule has 0 aliphatic carbocycles. The number of thioether (sulfide) groups is 1. The topological polar surface area (TPSA) is 34.0 Å². The van der Waals surface area contributed by atoms with Gasteiger partial charge in [0.15, 0.2) is 5.82 Å². The summed E-state index contributed by atoms with van der Waals surface area (Å²) in [7, 11) is 0. The molecule has 1 fully saturated rings. The third-order valence-electron chi connectivity index (χ3n) is 5.78. The maximum absolute atomic E-state index is 5.98. The number of halogens is 1. The summed E-state index contributed by atoms with van der Waals surface area (Å²) in [5, 5.41) is 12.2. The molecule has 0 atom stereocenters. The zero-order chi connectivity index (χ0) is 18.9. The van der Waals surface area contributed by atoms with Crippen LogP contribution in [0.5, 0.6) is 0 Å². The van der Waals surface area contributed by atoms with Gasteiger partial charge in [0, 0.05) is 35.3 Å². The second-order valence-corrected chi connectivity index (χ2v) is 10.2. The van der Waals surface area contributed by atoms with Gasteiger partial charge in [-0.1, -0.05) is 23.7 Å². The van der Waals surface area contributed by atoms with Gasteiger partial charge in [0.1, 0.15) is 5.82 Å². The van der Waals surface area contributed by atoms with Crippen molar-refractivity contribution in [3.05, 3.63) is 52.1 Å². The lowest BCUT2D eigenvalue weighted by Gasteiger charge is -2.31. The molecule has 4 nitrogen and oxygen atoms in total. The van der Waals surface area contributed by atoms with Crippen LogP contribution < -0.4 is 0 Å². The van der Waals surface area contributed by atoms with Crippen molar-refractivity contribution in [2.45, 2.75) is 35.9 Å². The molecule has 0 unspecified atom stereocenters. The average molecular weight is 431 g/mol. The maximum atomic E-state index is 5.98. The van der Waals surface area contributed by atoms with Gasteiger partial charge in [0.05, 0.1) is 4.21 Å². The standard InChI is InChI=1S/C21H23ClN4S2/c22-17-3-1-15(2-4-17)5-9-25-10-6-16(7-11-25)19-23-24-20-18-8-13-27-21(18)28-14-12-26(19)20/h1-4,8,13,16H,5-7,9-12,14H2. The third-order valence-corrected chi connectivity index (χ3v) is 8.25. The molecule has 0 bridgehead atoms. The van der Waals surface area contributed by atoms with Gasteiger partial charge < -0.3 is 9.47 Å². The molecule has 0 saturated carbocycles. The Kier molecular flexibility index (Phi) is 5.46. The minimum atomic E-state index is 0.526. The highest BCUT2D eigenvalue weighted by molar-refractivity contribution is 8.01. The smallest absolute Gasteiger partial charge is 0.165 e. The number of thiophene rings is 1. The van der Waals surface area contributed by atoms with Gasteiger partial charge in [-0.05, 0) is 61.5 Å². The number of nitrogens with zero attached hydrogens (tertiary/aromatic N) is 4. The van der Waals surface area contributed by atoms with E-state index in [4.69, 9.17) is 11.6 Å². The molecule has 0 amide bonds. The van der Waals surface area contributed by atoms with E-state index in [1.165, 1.54) is 34.0 Å². The van der Waals surface area contributed by atoms with Crippen LogP contribution in [0.15, 0.2) is 39.9 Å². The van der Waals surface area contributed by atoms with Crippen LogP contribution in [-0.2, 0) is 13.0 Å². The van der Waals surface area contributed by atoms with Crippen LogP contribution in [0.25, 0.3) is 11.4 Å². The Morgan fingerprint density at radius 3 is 2.68 bits per heavy atom. The molecule has 2 aliphatic rings. The molecule has 0 radical (unpaired) electrons. The fourth-order valence-electron chi connectivity index (χ4n) is 4.19. The second kappa shape index (κ2) is 8.19. The Morgan fingerprint density at radius 2 is 1.86 bits per heavy atom.